The number of esters is 1. The van der Waals surface area contributed by atoms with Crippen LogP contribution in [0.25, 0.3) is 22.3 Å². The zero-order valence-electron chi connectivity index (χ0n) is 13.3. The number of aryl methyl sites for hydroxylation is 2. The maximum absolute atomic E-state index is 12.1. The molecule has 0 bridgehead atoms. The normalized spacial score (nSPS) is 13.2. The molecule has 5 heteroatoms. The van der Waals surface area contributed by atoms with E-state index in [4.69, 9.17) is 4.74 Å². The maximum atomic E-state index is 12.1. The first-order chi connectivity index (χ1) is 11.1. The first-order valence-electron chi connectivity index (χ1n) is 7.98. The number of benzene rings is 1. The van der Waals surface area contributed by atoms with Crippen LogP contribution in [0.2, 0.25) is 0 Å². The van der Waals surface area contributed by atoms with Crippen molar-refractivity contribution in [3.05, 3.63) is 41.1 Å². The van der Waals surface area contributed by atoms with Gasteiger partial charge in [0, 0.05) is 10.9 Å². The van der Waals surface area contributed by atoms with E-state index in [9.17, 15) is 4.79 Å². The zero-order chi connectivity index (χ0) is 16.0. The smallest absolute Gasteiger partial charge is 0.338 e. The summed E-state index contributed by atoms with van der Waals surface area (Å²) in [4.78, 5) is 15.6. The quantitative estimate of drug-likeness (QED) is 0.728. The van der Waals surface area contributed by atoms with Gasteiger partial charge in [0.05, 0.1) is 29.8 Å². The van der Waals surface area contributed by atoms with E-state index in [0.29, 0.717) is 18.1 Å². The molecule has 5 nitrogen and oxygen atoms in total. The largest absolute Gasteiger partial charge is 0.462 e. The average Bonchev–Trinajstić information content (AvgIpc) is 3.15. The lowest BCUT2D eigenvalue weighted by Gasteiger charge is -2.11. The third kappa shape index (κ3) is 2.32. The summed E-state index contributed by atoms with van der Waals surface area (Å²) in [5.41, 5.74) is 6.23. The molecule has 1 aliphatic rings. The molecule has 2 N–H and O–H groups in total. The predicted molar refractivity (Wildman–Crippen MR) is 88.4 cm³/mol. The summed E-state index contributed by atoms with van der Waals surface area (Å²) in [6.45, 7) is 4.49. The van der Waals surface area contributed by atoms with E-state index in [1.165, 1.54) is 16.5 Å². The Balaban J connectivity index is 1.73. The fourth-order valence-electron chi connectivity index (χ4n) is 3.16. The van der Waals surface area contributed by atoms with Crippen molar-refractivity contribution in [3.63, 3.8) is 0 Å². The predicted octanol–water partition coefficient (Wildman–Crippen LogP) is 3.47. The molecule has 0 spiro atoms. The Labute approximate surface area is 134 Å². The van der Waals surface area contributed by atoms with Gasteiger partial charge in [-0.2, -0.15) is 5.10 Å². The molecule has 0 aliphatic heterocycles. The fourth-order valence-corrected chi connectivity index (χ4v) is 3.16. The Bertz CT molecular complexity index is 889. The van der Waals surface area contributed by atoms with Gasteiger partial charge in [-0.3, -0.25) is 5.10 Å². The minimum absolute atomic E-state index is 0.268. The van der Waals surface area contributed by atoms with Gasteiger partial charge in [0.1, 0.15) is 0 Å². The number of carbonyl (C=O) groups excluding carboxylic acids is 1. The van der Waals surface area contributed by atoms with Crippen molar-refractivity contribution in [2.24, 2.45) is 5.92 Å². The number of hydrogen-bond acceptors (Lipinski definition) is 3. The van der Waals surface area contributed by atoms with E-state index >= 15 is 0 Å². The molecular formula is C18H19N3O2. The molecule has 0 atom stereocenters. The topological polar surface area (TPSA) is 70.8 Å². The highest BCUT2D eigenvalue weighted by Gasteiger charge is 2.22. The van der Waals surface area contributed by atoms with Gasteiger partial charge >= 0.3 is 5.97 Å². The van der Waals surface area contributed by atoms with Crippen molar-refractivity contribution < 1.29 is 9.53 Å². The van der Waals surface area contributed by atoms with Crippen LogP contribution in [0.3, 0.4) is 0 Å². The molecule has 23 heavy (non-hydrogen) atoms. The number of carbonyl (C=O) groups is 1. The van der Waals surface area contributed by atoms with Crippen LogP contribution in [0.5, 0.6) is 0 Å². The summed E-state index contributed by atoms with van der Waals surface area (Å²) in [7, 11) is 0. The second-order valence-electron chi connectivity index (χ2n) is 6.50. The first kappa shape index (κ1) is 14.1. The molecule has 0 amide bonds. The van der Waals surface area contributed by atoms with Crippen LogP contribution in [0, 0.1) is 5.92 Å². The standard InChI is InChI=1S/C18H19N3O2/c1-10(2)9-23-18(22)11-3-5-13-14-6-4-12-8-19-21-16(12)17(14)20-15(13)7-11/h3,5,7-8,10,20H,4,6,9H2,1-2H3,(H,19,21). The molecule has 3 aromatic rings. The maximum Gasteiger partial charge on any atom is 0.338 e. The van der Waals surface area contributed by atoms with Gasteiger partial charge in [0.25, 0.3) is 0 Å². The highest BCUT2D eigenvalue weighted by Crippen LogP contribution is 2.36. The van der Waals surface area contributed by atoms with Crippen LogP contribution in [0.1, 0.15) is 35.3 Å². The van der Waals surface area contributed by atoms with Crippen LogP contribution >= 0.6 is 0 Å². The van der Waals surface area contributed by atoms with E-state index in [1.54, 1.807) is 0 Å². The number of H-pyrrole nitrogens is 2. The number of nitrogens with one attached hydrogen (secondary N) is 2. The molecule has 0 radical (unpaired) electrons. The van der Waals surface area contributed by atoms with Gasteiger partial charge in [-0.05, 0) is 42.0 Å². The molecule has 1 aliphatic carbocycles. The minimum Gasteiger partial charge on any atom is -0.462 e. The summed E-state index contributed by atoms with van der Waals surface area (Å²) in [6.07, 6.45) is 3.86. The van der Waals surface area contributed by atoms with Gasteiger partial charge in [0.15, 0.2) is 0 Å². The molecule has 0 saturated carbocycles. The highest BCUT2D eigenvalue weighted by atomic mass is 16.5. The molecule has 2 heterocycles. The summed E-state index contributed by atoms with van der Waals surface area (Å²) in [6, 6.07) is 5.74. The Morgan fingerprint density at radius 2 is 2.17 bits per heavy atom. The monoisotopic (exact) mass is 309 g/mol. The lowest BCUT2D eigenvalue weighted by Crippen LogP contribution is -2.10. The summed E-state index contributed by atoms with van der Waals surface area (Å²) in [5.74, 6) is 0.0645. The molecule has 118 valence electrons. The van der Waals surface area contributed by atoms with Gasteiger partial charge in [0.2, 0.25) is 0 Å². The van der Waals surface area contributed by atoms with Crippen molar-refractivity contribution in [1.29, 1.82) is 0 Å². The summed E-state index contributed by atoms with van der Waals surface area (Å²) in [5, 5.41) is 8.38. The van der Waals surface area contributed by atoms with Crippen molar-refractivity contribution in [2.45, 2.75) is 26.7 Å². The lowest BCUT2D eigenvalue weighted by molar-refractivity contribution is 0.0459. The van der Waals surface area contributed by atoms with Crippen LogP contribution in [-0.4, -0.2) is 27.8 Å². The Morgan fingerprint density at radius 1 is 1.30 bits per heavy atom. The van der Waals surface area contributed by atoms with Gasteiger partial charge < -0.3 is 9.72 Å². The third-order valence-electron chi connectivity index (χ3n) is 4.30. The Hall–Kier alpha value is -2.56. The number of aromatic amines is 2. The van der Waals surface area contributed by atoms with E-state index in [1.807, 2.05) is 38.2 Å². The average molecular weight is 309 g/mol. The first-order valence-corrected chi connectivity index (χ1v) is 7.98. The molecule has 4 rings (SSSR count). The SMILES string of the molecule is CC(C)COC(=O)c1ccc2c3c([nH]c2c1)-c1[nH]ncc1CC3. The van der Waals surface area contributed by atoms with Crippen LogP contribution in [0.15, 0.2) is 24.4 Å². The molecule has 0 fully saturated rings. The van der Waals surface area contributed by atoms with Crippen LogP contribution in [0.4, 0.5) is 0 Å². The van der Waals surface area contributed by atoms with Gasteiger partial charge in [-0.1, -0.05) is 19.9 Å². The van der Waals surface area contributed by atoms with E-state index in [-0.39, 0.29) is 5.97 Å². The minimum atomic E-state index is -0.268. The van der Waals surface area contributed by atoms with E-state index < -0.39 is 0 Å². The number of ether oxygens (including phenoxy) is 1. The molecular weight excluding hydrogens is 290 g/mol. The lowest BCUT2D eigenvalue weighted by atomic mass is 9.94. The second kappa shape index (κ2) is 5.26. The van der Waals surface area contributed by atoms with Crippen molar-refractivity contribution in [3.8, 4) is 11.4 Å². The van der Waals surface area contributed by atoms with E-state index in [2.05, 4.69) is 15.2 Å². The molecule has 1 aromatic carbocycles. The molecule has 2 aromatic heterocycles. The zero-order valence-corrected chi connectivity index (χ0v) is 13.3. The number of rotatable bonds is 3. The third-order valence-corrected chi connectivity index (χ3v) is 4.30. The van der Waals surface area contributed by atoms with Crippen molar-refractivity contribution in [1.82, 2.24) is 15.2 Å². The molecule has 0 unspecified atom stereocenters. The molecule has 0 saturated heterocycles. The summed E-state index contributed by atoms with van der Waals surface area (Å²) < 4.78 is 5.32. The highest BCUT2D eigenvalue weighted by molar-refractivity contribution is 5.98. The second-order valence-corrected chi connectivity index (χ2v) is 6.50. The fraction of sp³-hybridized carbons (Fsp3) is 0.333. The number of aromatic nitrogens is 3. The summed E-state index contributed by atoms with van der Waals surface area (Å²) >= 11 is 0. The number of hydrogen-bond donors (Lipinski definition) is 2. The van der Waals surface area contributed by atoms with E-state index in [0.717, 1.165) is 29.7 Å². The van der Waals surface area contributed by atoms with Gasteiger partial charge in [-0.15, -0.1) is 0 Å². The van der Waals surface area contributed by atoms with Crippen molar-refractivity contribution in [2.75, 3.05) is 6.61 Å². The van der Waals surface area contributed by atoms with Gasteiger partial charge in [-0.25, -0.2) is 4.79 Å². The Kier molecular flexibility index (Phi) is 3.22. The van der Waals surface area contributed by atoms with Crippen LogP contribution in [-0.2, 0) is 17.6 Å². The van der Waals surface area contributed by atoms with Crippen LogP contribution < -0.4 is 0 Å². The van der Waals surface area contributed by atoms with Crippen molar-refractivity contribution >= 4 is 16.9 Å². The number of nitrogens with zero attached hydrogens (tertiary/aromatic N) is 1. The number of fused-ring (bicyclic) bond motifs is 5. The Morgan fingerprint density at radius 3 is 3.00 bits per heavy atom.